The fourth-order valence-corrected chi connectivity index (χ4v) is 1.84. The van der Waals surface area contributed by atoms with Gasteiger partial charge in [0.1, 0.15) is 0 Å². The van der Waals surface area contributed by atoms with E-state index in [0.29, 0.717) is 12.2 Å². The first-order chi connectivity index (χ1) is 7.94. The molecule has 0 aromatic heterocycles. The van der Waals surface area contributed by atoms with Crippen LogP contribution in [0.15, 0.2) is 24.3 Å². The summed E-state index contributed by atoms with van der Waals surface area (Å²) >= 11 is 0. The van der Waals surface area contributed by atoms with E-state index in [0.717, 1.165) is 18.4 Å². The number of halogens is 3. The average molecular weight is 244 g/mol. The molecule has 0 unspecified atom stereocenters. The molecule has 2 nitrogen and oxygen atoms in total. The van der Waals surface area contributed by atoms with Gasteiger partial charge in [0, 0.05) is 18.3 Å². The van der Waals surface area contributed by atoms with Crippen molar-refractivity contribution < 1.29 is 13.2 Å². The number of hydrogen-bond acceptors (Lipinski definition) is 2. The highest BCUT2D eigenvalue weighted by molar-refractivity contribution is 5.39. The van der Waals surface area contributed by atoms with Crippen molar-refractivity contribution >= 4 is 5.69 Å². The van der Waals surface area contributed by atoms with Crippen molar-refractivity contribution in [2.75, 3.05) is 12.3 Å². The molecular weight excluding hydrogens is 229 g/mol. The maximum absolute atomic E-state index is 12.4. The first kappa shape index (κ1) is 12.2. The summed E-state index contributed by atoms with van der Waals surface area (Å²) in [6.07, 6.45) is -2.40. The van der Waals surface area contributed by atoms with Crippen molar-refractivity contribution in [2.24, 2.45) is 0 Å². The van der Waals surface area contributed by atoms with Crippen LogP contribution in [-0.2, 0) is 6.54 Å². The van der Waals surface area contributed by atoms with Gasteiger partial charge in [-0.15, -0.1) is 0 Å². The molecule has 1 aliphatic carbocycles. The van der Waals surface area contributed by atoms with Crippen LogP contribution in [-0.4, -0.2) is 23.7 Å². The highest BCUT2D eigenvalue weighted by Crippen LogP contribution is 2.31. The smallest absolute Gasteiger partial charge is 0.399 e. The summed E-state index contributed by atoms with van der Waals surface area (Å²) in [6.45, 7) is -0.494. The number of hydrogen-bond donors (Lipinski definition) is 1. The Bertz CT molecular complexity index is 368. The lowest BCUT2D eigenvalue weighted by Gasteiger charge is -2.23. The molecule has 0 atom stereocenters. The average Bonchev–Trinajstić information content (AvgIpc) is 3.01. The number of nitrogens with two attached hydrogens (primary N) is 1. The molecule has 1 aromatic carbocycles. The van der Waals surface area contributed by atoms with Crippen LogP contribution in [0, 0.1) is 0 Å². The van der Waals surface area contributed by atoms with E-state index in [1.807, 2.05) is 0 Å². The van der Waals surface area contributed by atoms with E-state index < -0.39 is 12.7 Å². The monoisotopic (exact) mass is 244 g/mol. The normalized spacial score (nSPS) is 16.5. The molecule has 0 radical (unpaired) electrons. The highest BCUT2D eigenvalue weighted by atomic mass is 19.4. The third kappa shape index (κ3) is 3.93. The molecule has 0 aliphatic heterocycles. The molecule has 1 fully saturated rings. The van der Waals surface area contributed by atoms with Crippen LogP contribution < -0.4 is 5.73 Å². The Kier molecular flexibility index (Phi) is 3.28. The Morgan fingerprint density at radius 3 is 2.24 bits per heavy atom. The zero-order valence-electron chi connectivity index (χ0n) is 9.37. The Balaban J connectivity index is 2.00. The van der Waals surface area contributed by atoms with Gasteiger partial charge in [0.05, 0.1) is 6.54 Å². The standard InChI is InChI=1S/C12H15F3N2/c13-12(14,15)8-17(11-5-6-11)7-9-1-3-10(16)4-2-9/h1-4,11H,5-8,16H2. The van der Waals surface area contributed by atoms with E-state index in [2.05, 4.69) is 0 Å². The van der Waals surface area contributed by atoms with Gasteiger partial charge in [-0.25, -0.2) is 0 Å². The molecule has 2 rings (SSSR count). The van der Waals surface area contributed by atoms with Crippen LogP contribution in [0.1, 0.15) is 18.4 Å². The maximum Gasteiger partial charge on any atom is 0.401 e. The molecule has 1 aromatic rings. The summed E-state index contributed by atoms with van der Waals surface area (Å²) in [4.78, 5) is 1.49. The number of nitrogen functional groups attached to an aromatic ring is 1. The van der Waals surface area contributed by atoms with E-state index in [-0.39, 0.29) is 6.04 Å². The predicted octanol–water partition coefficient (Wildman–Crippen LogP) is 2.80. The molecule has 0 heterocycles. The van der Waals surface area contributed by atoms with Crippen LogP contribution >= 0.6 is 0 Å². The van der Waals surface area contributed by atoms with Gasteiger partial charge >= 0.3 is 6.18 Å². The van der Waals surface area contributed by atoms with Crippen LogP contribution in [0.25, 0.3) is 0 Å². The molecule has 0 saturated heterocycles. The number of anilines is 1. The quantitative estimate of drug-likeness (QED) is 0.825. The molecule has 94 valence electrons. The summed E-state index contributed by atoms with van der Waals surface area (Å²) in [5, 5.41) is 0. The minimum Gasteiger partial charge on any atom is -0.399 e. The SMILES string of the molecule is Nc1ccc(CN(CC(F)(F)F)C2CC2)cc1. The maximum atomic E-state index is 12.4. The number of rotatable bonds is 4. The molecule has 1 aliphatic rings. The van der Waals surface area contributed by atoms with E-state index in [4.69, 9.17) is 5.73 Å². The van der Waals surface area contributed by atoms with Gasteiger partial charge in [0.15, 0.2) is 0 Å². The first-order valence-corrected chi connectivity index (χ1v) is 5.59. The topological polar surface area (TPSA) is 29.3 Å². The molecule has 1 saturated carbocycles. The molecule has 5 heteroatoms. The van der Waals surface area contributed by atoms with E-state index in [1.165, 1.54) is 4.90 Å². The highest BCUT2D eigenvalue weighted by Gasteiger charge is 2.37. The summed E-state index contributed by atoms with van der Waals surface area (Å²) in [7, 11) is 0. The van der Waals surface area contributed by atoms with Crippen molar-refractivity contribution in [2.45, 2.75) is 31.6 Å². The van der Waals surface area contributed by atoms with Crippen LogP contribution in [0.2, 0.25) is 0 Å². The summed E-state index contributed by atoms with van der Waals surface area (Å²) < 4.78 is 37.2. The molecule has 2 N–H and O–H groups in total. The van der Waals surface area contributed by atoms with Gasteiger partial charge in [-0.1, -0.05) is 12.1 Å². The van der Waals surface area contributed by atoms with E-state index in [1.54, 1.807) is 24.3 Å². The number of nitrogens with zero attached hydrogens (tertiary/aromatic N) is 1. The Hall–Kier alpha value is -1.23. The zero-order chi connectivity index (χ0) is 12.5. The fraction of sp³-hybridized carbons (Fsp3) is 0.500. The van der Waals surface area contributed by atoms with Crippen LogP contribution in [0.3, 0.4) is 0 Å². The van der Waals surface area contributed by atoms with Crippen molar-refractivity contribution in [3.8, 4) is 0 Å². The van der Waals surface area contributed by atoms with Crippen molar-refractivity contribution in [3.05, 3.63) is 29.8 Å². The third-order valence-electron chi connectivity index (χ3n) is 2.81. The van der Waals surface area contributed by atoms with Gasteiger partial charge in [0.25, 0.3) is 0 Å². The largest absolute Gasteiger partial charge is 0.401 e. The Morgan fingerprint density at radius 1 is 1.18 bits per heavy atom. The molecular formula is C12H15F3N2. The summed E-state index contributed by atoms with van der Waals surface area (Å²) in [5.41, 5.74) is 7.04. The van der Waals surface area contributed by atoms with Crippen LogP contribution in [0.5, 0.6) is 0 Å². The lowest BCUT2D eigenvalue weighted by molar-refractivity contribution is -0.148. The fourth-order valence-electron chi connectivity index (χ4n) is 1.84. The Morgan fingerprint density at radius 2 is 1.76 bits per heavy atom. The lowest BCUT2D eigenvalue weighted by atomic mass is 10.2. The second-order valence-electron chi connectivity index (χ2n) is 4.49. The van der Waals surface area contributed by atoms with Gasteiger partial charge in [0.2, 0.25) is 0 Å². The summed E-state index contributed by atoms with van der Waals surface area (Å²) in [6, 6.07) is 7.08. The van der Waals surface area contributed by atoms with Gasteiger partial charge in [-0.3, -0.25) is 4.90 Å². The third-order valence-corrected chi connectivity index (χ3v) is 2.81. The van der Waals surface area contributed by atoms with E-state index in [9.17, 15) is 13.2 Å². The molecule has 0 spiro atoms. The molecule has 0 bridgehead atoms. The van der Waals surface area contributed by atoms with Gasteiger partial charge < -0.3 is 5.73 Å². The first-order valence-electron chi connectivity index (χ1n) is 5.59. The second kappa shape index (κ2) is 4.56. The second-order valence-corrected chi connectivity index (χ2v) is 4.49. The van der Waals surface area contributed by atoms with Crippen molar-refractivity contribution in [1.29, 1.82) is 0 Å². The Labute approximate surface area is 98.2 Å². The van der Waals surface area contributed by atoms with Gasteiger partial charge in [-0.05, 0) is 30.5 Å². The number of benzene rings is 1. The van der Waals surface area contributed by atoms with Crippen molar-refractivity contribution in [3.63, 3.8) is 0 Å². The summed E-state index contributed by atoms with van der Waals surface area (Å²) in [5.74, 6) is 0. The lowest BCUT2D eigenvalue weighted by Crippen LogP contribution is -2.35. The molecule has 0 amide bonds. The minimum atomic E-state index is -4.13. The molecule has 17 heavy (non-hydrogen) atoms. The van der Waals surface area contributed by atoms with E-state index >= 15 is 0 Å². The minimum absolute atomic E-state index is 0.0918. The predicted molar refractivity (Wildman–Crippen MR) is 60.3 cm³/mol. The zero-order valence-corrected chi connectivity index (χ0v) is 9.37. The van der Waals surface area contributed by atoms with Gasteiger partial charge in [-0.2, -0.15) is 13.2 Å². The number of alkyl halides is 3. The van der Waals surface area contributed by atoms with Crippen molar-refractivity contribution in [1.82, 2.24) is 4.90 Å². The van der Waals surface area contributed by atoms with Crippen LogP contribution in [0.4, 0.5) is 18.9 Å².